The van der Waals surface area contributed by atoms with Crippen molar-refractivity contribution in [3.8, 4) is 0 Å². The Hall–Kier alpha value is -1.02. The highest BCUT2D eigenvalue weighted by atomic mass is 35.5. The minimum absolute atomic E-state index is 0.622. The van der Waals surface area contributed by atoms with Crippen LogP contribution in [0.5, 0.6) is 0 Å². The van der Waals surface area contributed by atoms with Gasteiger partial charge in [0.2, 0.25) is 0 Å². The van der Waals surface area contributed by atoms with Gasteiger partial charge in [-0.3, -0.25) is 4.79 Å². The highest BCUT2D eigenvalue weighted by Crippen LogP contribution is 2.41. The maximum Gasteiger partial charge on any atom is 0.314 e. The molecule has 0 heterocycles. The Morgan fingerprint density at radius 2 is 1.94 bits per heavy atom. The van der Waals surface area contributed by atoms with Crippen molar-refractivity contribution < 1.29 is 9.90 Å². The molecule has 1 aliphatic rings. The summed E-state index contributed by atoms with van der Waals surface area (Å²) in [5, 5.41) is 10.2. The third-order valence-corrected chi connectivity index (χ3v) is 4.07. The molecule has 0 bridgehead atoms. The van der Waals surface area contributed by atoms with Crippen LogP contribution >= 0.6 is 11.6 Å². The molecule has 2 nitrogen and oxygen atoms in total. The number of carboxylic acids is 1. The third-order valence-electron chi connectivity index (χ3n) is 3.83. The number of hydrogen-bond donors (Lipinski definition) is 1. The zero-order chi connectivity index (χ0) is 12.5. The van der Waals surface area contributed by atoms with Crippen molar-refractivity contribution >= 4 is 17.6 Å². The molecule has 1 aromatic carbocycles. The van der Waals surface area contributed by atoms with Gasteiger partial charge < -0.3 is 5.11 Å². The molecule has 1 aromatic rings. The van der Waals surface area contributed by atoms with E-state index in [0.29, 0.717) is 5.02 Å². The van der Waals surface area contributed by atoms with Crippen molar-refractivity contribution in [2.24, 2.45) is 0 Å². The van der Waals surface area contributed by atoms with Crippen LogP contribution in [0.25, 0.3) is 0 Å². The monoisotopic (exact) mass is 252 g/mol. The molecule has 0 amide bonds. The number of carbonyl (C=O) groups is 1. The Morgan fingerprint density at radius 1 is 1.29 bits per heavy atom. The van der Waals surface area contributed by atoms with E-state index in [2.05, 4.69) is 0 Å². The summed E-state index contributed by atoms with van der Waals surface area (Å²) in [6, 6.07) is 5.56. The summed E-state index contributed by atoms with van der Waals surface area (Å²) in [7, 11) is 0. The van der Waals surface area contributed by atoms with Gasteiger partial charge in [0, 0.05) is 5.02 Å². The predicted molar refractivity (Wildman–Crippen MR) is 68.6 cm³/mol. The van der Waals surface area contributed by atoms with E-state index in [1.165, 1.54) is 0 Å². The van der Waals surface area contributed by atoms with Crippen LogP contribution in [0.1, 0.15) is 43.2 Å². The molecule has 0 atom stereocenters. The molecule has 17 heavy (non-hydrogen) atoms. The van der Waals surface area contributed by atoms with Crippen LogP contribution in [0, 0.1) is 6.92 Å². The average molecular weight is 253 g/mol. The van der Waals surface area contributed by atoms with Gasteiger partial charge in [0.1, 0.15) is 0 Å². The number of rotatable bonds is 2. The van der Waals surface area contributed by atoms with E-state index >= 15 is 0 Å². The molecule has 1 fully saturated rings. The van der Waals surface area contributed by atoms with Gasteiger partial charge in [-0.15, -0.1) is 0 Å². The molecule has 3 heteroatoms. The van der Waals surface area contributed by atoms with Crippen molar-refractivity contribution in [2.75, 3.05) is 0 Å². The molecule has 0 saturated heterocycles. The van der Waals surface area contributed by atoms with Crippen molar-refractivity contribution in [1.82, 2.24) is 0 Å². The molecule has 0 spiro atoms. The van der Waals surface area contributed by atoms with E-state index in [-0.39, 0.29) is 0 Å². The molecule has 2 rings (SSSR count). The van der Waals surface area contributed by atoms with Crippen LogP contribution in [0.2, 0.25) is 5.02 Å². The first-order valence-electron chi connectivity index (χ1n) is 6.06. The van der Waals surface area contributed by atoms with Gasteiger partial charge in [0.25, 0.3) is 0 Å². The van der Waals surface area contributed by atoms with Gasteiger partial charge >= 0.3 is 5.97 Å². The summed E-state index contributed by atoms with van der Waals surface area (Å²) in [6.07, 6.45) is 4.55. The van der Waals surface area contributed by atoms with Crippen LogP contribution < -0.4 is 0 Å². The Morgan fingerprint density at radius 3 is 2.53 bits per heavy atom. The van der Waals surface area contributed by atoms with Crippen LogP contribution in [0.3, 0.4) is 0 Å². The standard InChI is InChI=1S/C14H17ClO2/c1-10-5-6-11(15)9-12(10)14(13(16)17)7-3-2-4-8-14/h5-6,9H,2-4,7-8H2,1H3,(H,16,17). The Bertz CT molecular complexity index is 434. The second-order valence-corrected chi connectivity index (χ2v) is 5.34. The molecule has 0 aromatic heterocycles. The normalized spacial score (nSPS) is 18.9. The summed E-state index contributed by atoms with van der Waals surface area (Å²) >= 11 is 6.01. The molecule has 1 N–H and O–H groups in total. The quantitative estimate of drug-likeness (QED) is 0.866. The fraction of sp³-hybridized carbons (Fsp3) is 0.500. The van der Waals surface area contributed by atoms with Gasteiger partial charge in [-0.2, -0.15) is 0 Å². The van der Waals surface area contributed by atoms with E-state index in [4.69, 9.17) is 11.6 Å². The molecule has 0 unspecified atom stereocenters. The summed E-state index contributed by atoms with van der Waals surface area (Å²) in [5.41, 5.74) is 1.21. The number of hydrogen-bond acceptors (Lipinski definition) is 1. The SMILES string of the molecule is Cc1ccc(Cl)cc1C1(C(=O)O)CCCCC1. The van der Waals surface area contributed by atoms with Gasteiger partial charge in [-0.05, 0) is 43.0 Å². The lowest BCUT2D eigenvalue weighted by Crippen LogP contribution is -2.38. The van der Waals surface area contributed by atoms with Crippen molar-refractivity contribution in [1.29, 1.82) is 0 Å². The van der Waals surface area contributed by atoms with E-state index in [1.807, 2.05) is 25.1 Å². The summed E-state index contributed by atoms with van der Waals surface area (Å²) < 4.78 is 0. The second kappa shape index (κ2) is 4.69. The maximum atomic E-state index is 11.7. The first kappa shape index (κ1) is 12.4. The highest BCUT2D eigenvalue weighted by Gasteiger charge is 2.42. The van der Waals surface area contributed by atoms with Crippen molar-refractivity contribution in [3.63, 3.8) is 0 Å². The molecular formula is C14H17ClO2. The Labute approximate surface area is 107 Å². The lowest BCUT2D eigenvalue weighted by atomic mass is 9.68. The van der Waals surface area contributed by atoms with Crippen LogP contribution in [0.4, 0.5) is 0 Å². The lowest BCUT2D eigenvalue weighted by molar-refractivity contribution is -0.145. The number of benzene rings is 1. The van der Waals surface area contributed by atoms with Gasteiger partial charge in [-0.25, -0.2) is 0 Å². The van der Waals surface area contributed by atoms with Crippen LogP contribution in [-0.2, 0) is 10.2 Å². The fourth-order valence-corrected chi connectivity index (χ4v) is 3.04. The van der Waals surface area contributed by atoms with Crippen LogP contribution in [0.15, 0.2) is 18.2 Å². The highest BCUT2D eigenvalue weighted by molar-refractivity contribution is 6.30. The zero-order valence-electron chi connectivity index (χ0n) is 10.0. The first-order chi connectivity index (χ1) is 8.06. The predicted octanol–water partition coefficient (Wildman–Crippen LogP) is 3.93. The fourth-order valence-electron chi connectivity index (χ4n) is 2.86. The molecule has 0 aliphatic heterocycles. The third kappa shape index (κ3) is 2.19. The van der Waals surface area contributed by atoms with Gasteiger partial charge in [0.15, 0.2) is 0 Å². The smallest absolute Gasteiger partial charge is 0.314 e. The summed E-state index contributed by atoms with van der Waals surface area (Å²) in [4.78, 5) is 11.7. The Kier molecular flexibility index (Phi) is 3.43. The first-order valence-corrected chi connectivity index (χ1v) is 6.44. The second-order valence-electron chi connectivity index (χ2n) is 4.91. The number of aryl methyl sites for hydroxylation is 1. The molecule has 1 aliphatic carbocycles. The number of halogens is 1. The number of aliphatic carboxylic acids is 1. The lowest BCUT2D eigenvalue weighted by Gasteiger charge is -2.34. The van der Waals surface area contributed by atoms with Gasteiger partial charge in [0.05, 0.1) is 5.41 Å². The number of carboxylic acid groups (broad SMARTS) is 1. The summed E-state index contributed by atoms with van der Waals surface area (Å²) in [5.74, 6) is -0.706. The Balaban J connectivity index is 2.52. The van der Waals surface area contributed by atoms with Crippen LogP contribution in [-0.4, -0.2) is 11.1 Å². The zero-order valence-corrected chi connectivity index (χ0v) is 10.8. The van der Waals surface area contributed by atoms with E-state index in [1.54, 1.807) is 0 Å². The van der Waals surface area contributed by atoms with E-state index < -0.39 is 11.4 Å². The minimum atomic E-state index is -0.715. The van der Waals surface area contributed by atoms with Gasteiger partial charge in [-0.1, -0.05) is 36.9 Å². The van der Waals surface area contributed by atoms with Crippen molar-refractivity contribution in [3.05, 3.63) is 34.3 Å². The topological polar surface area (TPSA) is 37.3 Å². The minimum Gasteiger partial charge on any atom is -0.481 e. The van der Waals surface area contributed by atoms with E-state index in [0.717, 1.165) is 43.2 Å². The average Bonchev–Trinajstić information content (AvgIpc) is 2.33. The maximum absolute atomic E-state index is 11.7. The molecular weight excluding hydrogens is 236 g/mol. The summed E-state index contributed by atoms with van der Waals surface area (Å²) in [6.45, 7) is 1.96. The largest absolute Gasteiger partial charge is 0.481 e. The molecule has 1 saturated carbocycles. The van der Waals surface area contributed by atoms with E-state index in [9.17, 15) is 9.90 Å². The molecule has 92 valence electrons. The molecule has 0 radical (unpaired) electrons. The van der Waals surface area contributed by atoms with Crippen molar-refractivity contribution in [2.45, 2.75) is 44.4 Å².